The molecule has 20 heavy (non-hydrogen) atoms. The molecular formula is C13H18ClFN2O2S. The summed E-state index contributed by atoms with van der Waals surface area (Å²) in [5.41, 5.74) is 5.89. The first kappa shape index (κ1) is 15.7. The lowest BCUT2D eigenvalue weighted by atomic mass is 10.1. The number of rotatable bonds is 5. The molecule has 1 aliphatic rings. The van der Waals surface area contributed by atoms with Crippen LogP contribution in [0.3, 0.4) is 0 Å². The lowest BCUT2D eigenvalue weighted by Gasteiger charge is -2.10. The number of nitrogens with two attached hydrogens (primary N) is 1. The fourth-order valence-electron chi connectivity index (χ4n) is 2.14. The fourth-order valence-corrected chi connectivity index (χ4v) is 3.47. The van der Waals surface area contributed by atoms with Gasteiger partial charge in [0.15, 0.2) is 0 Å². The quantitative estimate of drug-likeness (QED) is 0.874. The van der Waals surface area contributed by atoms with Crippen LogP contribution >= 0.6 is 11.6 Å². The van der Waals surface area contributed by atoms with Crippen molar-refractivity contribution in [2.45, 2.75) is 31.7 Å². The predicted octanol–water partition coefficient (Wildman–Crippen LogP) is 2.26. The molecule has 0 amide bonds. The summed E-state index contributed by atoms with van der Waals surface area (Å²) in [6.07, 6.45) is 0.985. The van der Waals surface area contributed by atoms with E-state index in [0.29, 0.717) is 12.5 Å². The van der Waals surface area contributed by atoms with Crippen molar-refractivity contribution in [3.8, 4) is 0 Å². The van der Waals surface area contributed by atoms with Crippen LogP contribution in [0.1, 0.15) is 25.8 Å². The van der Waals surface area contributed by atoms with Gasteiger partial charge < -0.3 is 5.73 Å². The van der Waals surface area contributed by atoms with Gasteiger partial charge >= 0.3 is 0 Å². The van der Waals surface area contributed by atoms with E-state index in [4.69, 9.17) is 17.3 Å². The van der Waals surface area contributed by atoms with Crippen LogP contribution in [0.5, 0.6) is 0 Å². The van der Waals surface area contributed by atoms with Gasteiger partial charge in [-0.1, -0.05) is 25.4 Å². The van der Waals surface area contributed by atoms with Gasteiger partial charge in [-0.25, -0.2) is 17.5 Å². The smallest absolute Gasteiger partial charge is 0.240 e. The maximum absolute atomic E-state index is 13.6. The molecule has 1 unspecified atom stereocenters. The van der Waals surface area contributed by atoms with Crippen molar-refractivity contribution in [1.82, 2.24) is 4.72 Å². The summed E-state index contributed by atoms with van der Waals surface area (Å²) in [6, 6.07) is 2.23. The van der Waals surface area contributed by atoms with E-state index in [1.165, 1.54) is 6.07 Å². The molecule has 0 aliphatic heterocycles. The van der Waals surface area contributed by atoms with Gasteiger partial charge in [0.25, 0.3) is 0 Å². The Balaban J connectivity index is 2.19. The number of hydrogen-bond acceptors (Lipinski definition) is 3. The van der Waals surface area contributed by atoms with Crippen LogP contribution < -0.4 is 10.5 Å². The van der Waals surface area contributed by atoms with Gasteiger partial charge in [-0.2, -0.15) is 0 Å². The third-order valence-electron chi connectivity index (χ3n) is 3.84. The van der Waals surface area contributed by atoms with Crippen molar-refractivity contribution in [2.24, 2.45) is 17.1 Å². The zero-order valence-electron chi connectivity index (χ0n) is 11.4. The van der Waals surface area contributed by atoms with Crippen LogP contribution in [0, 0.1) is 17.2 Å². The van der Waals surface area contributed by atoms with Crippen molar-refractivity contribution in [2.75, 3.05) is 6.54 Å². The second-order valence-corrected chi connectivity index (χ2v) is 7.97. The SMILES string of the molecule is CC1(C)CC1CNS(=O)(=O)c1cc(F)c(Cl)c(CN)c1. The molecule has 0 bridgehead atoms. The minimum Gasteiger partial charge on any atom is -0.326 e. The van der Waals surface area contributed by atoms with Crippen molar-refractivity contribution >= 4 is 21.6 Å². The van der Waals surface area contributed by atoms with Gasteiger partial charge in [-0.05, 0) is 35.4 Å². The second kappa shape index (κ2) is 5.26. The van der Waals surface area contributed by atoms with Crippen LogP contribution in [-0.2, 0) is 16.6 Å². The molecule has 3 N–H and O–H groups in total. The normalized spacial score (nSPS) is 20.9. The van der Waals surface area contributed by atoms with Gasteiger partial charge in [-0.15, -0.1) is 0 Å². The summed E-state index contributed by atoms with van der Waals surface area (Å²) in [5.74, 6) is -0.454. The van der Waals surface area contributed by atoms with E-state index in [0.717, 1.165) is 12.5 Å². The number of benzene rings is 1. The van der Waals surface area contributed by atoms with E-state index in [-0.39, 0.29) is 27.4 Å². The molecule has 7 heteroatoms. The van der Waals surface area contributed by atoms with Crippen molar-refractivity contribution in [3.63, 3.8) is 0 Å². The highest BCUT2D eigenvalue weighted by molar-refractivity contribution is 7.89. The Morgan fingerprint density at radius 3 is 2.60 bits per heavy atom. The first-order chi connectivity index (χ1) is 9.17. The third-order valence-corrected chi connectivity index (χ3v) is 5.67. The monoisotopic (exact) mass is 320 g/mol. The Hall–Kier alpha value is -0.690. The lowest BCUT2D eigenvalue weighted by molar-refractivity contribution is 0.536. The molecule has 2 rings (SSSR count). The summed E-state index contributed by atoms with van der Waals surface area (Å²) in [4.78, 5) is -0.140. The summed E-state index contributed by atoms with van der Waals surface area (Å²) in [7, 11) is -3.74. The van der Waals surface area contributed by atoms with E-state index >= 15 is 0 Å². The molecule has 0 spiro atoms. The minimum atomic E-state index is -3.74. The summed E-state index contributed by atoms with van der Waals surface area (Å²) >= 11 is 5.72. The number of sulfonamides is 1. The van der Waals surface area contributed by atoms with E-state index < -0.39 is 15.8 Å². The molecule has 1 saturated carbocycles. The van der Waals surface area contributed by atoms with Crippen LogP contribution in [0.15, 0.2) is 17.0 Å². The van der Waals surface area contributed by atoms with Gasteiger partial charge in [0, 0.05) is 13.1 Å². The predicted molar refractivity (Wildman–Crippen MR) is 76.4 cm³/mol. The molecule has 1 fully saturated rings. The van der Waals surface area contributed by atoms with E-state index in [1.54, 1.807) is 0 Å². The third kappa shape index (κ3) is 3.14. The van der Waals surface area contributed by atoms with Gasteiger partial charge in [0.2, 0.25) is 10.0 Å². The van der Waals surface area contributed by atoms with Gasteiger partial charge in [0.05, 0.1) is 9.92 Å². The van der Waals surface area contributed by atoms with Gasteiger partial charge in [0.1, 0.15) is 5.82 Å². The highest BCUT2D eigenvalue weighted by Crippen LogP contribution is 2.51. The number of nitrogens with one attached hydrogen (secondary N) is 1. The molecule has 1 aliphatic carbocycles. The molecule has 1 aromatic rings. The Bertz CT molecular complexity index is 632. The second-order valence-electron chi connectivity index (χ2n) is 5.82. The van der Waals surface area contributed by atoms with Crippen LogP contribution in [0.4, 0.5) is 4.39 Å². The van der Waals surface area contributed by atoms with Gasteiger partial charge in [-0.3, -0.25) is 0 Å². The lowest BCUT2D eigenvalue weighted by Crippen LogP contribution is -2.27. The molecule has 112 valence electrons. The van der Waals surface area contributed by atoms with E-state index in [1.807, 2.05) is 0 Å². The average Bonchev–Trinajstić information content (AvgIpc) is 2.98. The van der Waals surface area contributed by atoms with Crippen LogP contribution in [-0.4, -0.2) is 15.0 Å². The summed E-state index contributed by atoms with van der Waals surface area (Å²) in [6.45, 7) is 4.51. The Morgan fingerprint density at radius 2 is 2.10 bits per heavy atom. The highest BCUT2D eigenvalue weighted by atomic mass is 35.5. The topological polar surface area (TPSA) is 72.2 Å². The Kier molecular flexibility index (Phi) is 4.12. The number of halogens is 2. The molecule has 0 radical (unpaired) electrons. The Labute approximate surface area is 123 Å². The maximum Gasteiger partial charge on any atom is 0.240 e. The zero-order valence-corrected chi connectivity index (χ0v) is 13.0. The fraction of sp³-hybridized carbons (Fsp3) is 0.538. The minimum absolute atomic E-state index is 0.0191. The maximum atomic E-state index is 13.6. The first-order valence-electron chi connectivity index (χ1n) is 6.35. The molecule has 4 nitrogen and oxygen atoms in total. The van der Waals surface area contributed by atoms with E-state index in [9.17, 15) is 12.8 Å². The molecule has 0 aromatic heterocycles. The average molecular weight is 321 g/mol. The molecular weight excluding hydrogens is 303 g/mol. The largest absolute Gasteiger partial charge is 0.326 e. The van der Waals surface area contributed by atoms with Crippen LogP contribution in [0.25, 0.3) is 0 Å². The molecule has 1 atom stereocenters. The van der Waals surface area contributed by atoms with E-state index in [2.05, 4.69) is 18.6 Å². The first-order valence-corrected chi connectivity index (χ1v) is 8.21. The summed E-state index contributed by atoms with van der Waals surface area (Å²) < 4.78 is 40.4. The Morgan fingerprint density at radius 1 is 1.50 bits per heavy atom. The standard InChI is InChI=1S/C13H18ClFN2O2S/c1-13(2)5-9(13)7-17-20(18,19)10-3-8(6-16)12(14)11(15)4-10/h3-4,9,17H,5-7,16H2,1-2H3. The molecule has 0 heterocycles. The van der Waals surface area contributed by atoms with Crippen molar-refractivity contribution in [3.05, 3.63) is 28.5 Å². The van der Waals surface area contributed by atoms with Crippen molar-refractivity contribution in [1.29, 1.82) is 0 Å². The highest BCUT2D eigenvalue weighted by Gasteiger charge is 2.45. The molecule has 0 saturated heterocycles. The van der Waals surface area contributed by atoms with Crippen LogP contribution in [0.2, 0.25) is 5.02 Å². The van der Waals surface area contributed by atoms with Crippen molar-refractivity contribution < 1.29 is 12.8 Å². The summed E-state index contributed by atoms with van der Waals surface area (Å²) in [5, 5.41) is -0.130. The zero-order chi connectivity index (χ0) is 15.1. The molecule has 1 aromatic carbocycles. The number of hydrogen-bond donors (Lipinski definition) is 2.